The van der Waals surface area contributed by atoms with E-state index >= 15 is 0 Å². The number of rotatable bonds is 6. The highest BCUT2D eigenvalue weighted by molar-refractivity contribution is 5.94. The molecule has 1 aromatic carbocycles. The van der Waals surface area contributed by atoms with Crippen molar-refractivity contribution in [3.8, 4) is 0 Å². The predicted octanol–water partition coefficient (Wildman–Crippen LogP) is 2.15. The molecule has 1 heterocycles. The number of aryl methyl sites for hydroxylation is 2. The summed E-state index contributed by atoms with van der Waals surface area (Å²) in [7, 11) is 0. The van der Waals surface area contributed by atoms with E-state index in [0.29, 0.717) is 13.0 Å². The number of aliphatic hydroxyl groups is 1. The number of carbonyl (C=O) groups excluding carboxylic acids is 1. The van der Waals surface area contributed by atoms with E-state index in [-0.39, 0.29) is 29.6 Å². The normalized spacial score (nSPS) is 14.6. The minimum Gasteiger partial charge on any atom is -0.396 e. The van der Waals surface area contributed by atoms with Crippen molar-refractivity contribution in [3.05, 3.63) is 69.1 Å². The number of aromatic nitrogens is 1. The van der Waals surface area contributed by atoms with Gasteiger partial charge in [0.15, 0.2) is 0 Å². The Bertz CT molecular complexity index is 783. The minimum absolute atomic E-state index is 0.0202. The summed E-state index contributed by atoms with van der Waals surface area (Å²) in [6.45, 7) is 0.439. The molecule has 0 radical (unpaired) electrons. The van der Waals surface area contributed by atoms with Gasteiger partial charge in [-0.1, -0.05) is 30.3 Å². The van der Waals surface area contributed by atoms with Gasteiger partial charge in [-0.25, -0.2) is 0 Å². The fourth-order valence-corrected chi connectivity index (χ4v) is 3.42. The molecule has 0 bridgehead atoms. The number of amides is 1. The summed E-state index contributed by atoms with van der Waals surface area (Å²) in [5.74, 6) is -0.333. The van der Waals surface area contributed by atoms with E-state index in [2.05, 4.69) is 10.3 Å². The number of carbonyl (C=O) groups is 1. The molecule has 1 amide bonds. The molecule has 25 heavy (non-hydrogen) atoms. The van der Waals surface area contributed by atoms with Crippen molar-refractivity contribution < 1.29 is 9.90 Å². The first-order valence-corrected chi connectivity index (χ1v) is 8.88. The number of nitrogens with one attached hydrogen (secondary N) is 2. The Labute approximate surface area is 147 Å². The van der Waals surface area contributed by atoms with Gasteiger partial charge >= 0.3 is 0 Å². The van der Waals surface area contributed by atoms with Crippen molar-refractivity contribution in [1.82, 2.24) is 10.3 Å². The molecule has 3 N–H and O–H groups in total. The molecule has 2 aromatic rings. The third-order valence-electron chi connectivity index (χ3n) is 4.84. The van der Waals surface area contributed by atoms with Crippen molar-refractivity contribution in [2.75, 3.05) is 13.2 Å². The van der Waals surface area contributed by atoms with E-state index < -0.39 is 0 Å². The van der Waals surface area contributed by atoms with Crippen LogP contribution in [0.25, 0.3) is 0 Å². The molecule has 1 aliphatic rings. The number of hydrogen-bond acceptors (Lipinski definition) is 3. The maximum Gasteiger partial charge on any atom is 0.261 e. The van der Waals surface area contributed by atoms with Crippen molar-refractivity contribution in [1.29, 1.82) is 0 Å². The molecule has 0 saturated carbocycles. The molecular weight excluding hydrogens is 316 g/mol. The number of H-pyrrole nitrogens is 1. The molecule has 0 fully saturated rings. The average Bonchev–Trinajstić information content (AvgIpc) is 2.65. The number of pyridine rings is 1. The second-order valence-corrected chi connectivity index (χ2v) is 6.55. The van der Waals surface area contributed by atoms with Crippen LogP contribution in [0.5, 0.6) is 0 Å². The van der Waals surface area contributed by atoms with Crippen molar-refractivity contribution >= 4 is 5.91 Å². The predicted molar refractivity (Wildman–Crippen MR) is 96.9 cm³/mol. The van der Waals surface area contributed by atoms with Gasteiger partial charge in [-0.2, -0.15) is 0 Å². The monoisotopic (exact) mass is 340 g/mol. The highest BCUT2D eigenvalue weighted by Crippen LogP contribution is 2.20. The summed E-state index contributed by atoms with van der Waals surface area (Å²) in [6.07, 6.45) is 4.51. The van der Waals surface area contributed by atoms with E-state index in [0.717, 1.165) is 42.5 Å². The summed E-state index contributed by atoms with van der Waals surface area (Å²) in [4.78, 5) is 27.6. The number of aliphatic hydroxyl groups excluding tert-OH is 1. The zero-order valence-corrected chi connectivity index (χ0v) is 14.3. The molecule has 5 nitrogen and oxygen atoms in total. The van der Waals surface area contributed by atoms with Crippen molar-refractivity contribution in [3.63, 3.8) is 0 Å². The van der Waals surface area contributed by atoms with Crippen LogP contribution in [0.4, 0.5) is 0 Å². The lowest BCUT2D eigenvalue weighted by molar-refractivity contribution is 0.0947. The first-order chi connectivity index (χ1) is 12.2. The van der Waals surface area contributed by atoms with Crippen LogP contribution in [0, 0.1) is 0 Å². The molecule has 0 spiro atoms. The largest absolute Gasteiger partial charge is 0.396 e. The van der Waals surface area contributed by atoms with Gasteiger partial charge in [0.05, 0.1) is 0 Å². The van der Waals surface area contributed by atoms with Gasteiger partial charge in [-0.15, -0.1) is 0 Å². The smallest absolute Gasteiger partial charge is 0.261 e. The van der Waals surface area contributed by atoms with Gasteiger partial charge < -0.3 is 15.4 Å². The SMILES string of the molecule is O=C(NCC(CCO)c1ccccc1)c1cc2c([nH]c1=O)CCCC2. The molecule has 1 unspecified atom stereocenters. The maximum atomic E-state index is 12.5. The summed E-state index contributed by atoms with van der Waals surface area (Å²) in [5, 5.41) is 12.1. The molecule has 0 saturated heterocycles. The van der Waals surface area contributed by atoms with E-state index in [4.69, 9.17) is 0 Å². The maximum absolute atomic E-state index is 12.5. The fraction of sp³-hybridized carbons (Fsp3) is 0.400. The standard InChI is InChI=1S/C20H24N2O3/c23-11-10-16(14-6-2-1-3-7-14)13-21-19(24)17-12-15-8-4-5-9-18(15)22-20(17)25/h1-3,6-7,12,16,23H,4-5,8-11,13H2,(H,21,24)(H,22,25). The quantitative estimate of drug-likeness (QED) is 0.753. The lowest BCUT2D eigenvalue weighted by Gasteiger charge is -2.18. The summed E-state index contributed by atoms with van der Waals surface area (Å²) in [5.41, 5.74) is 2.96. The fourth-order valence-electron chi connectivity index (χ4n) is 3.42. The number of aromatic amines is 1. The van der Waals surface area contributed by atoms with E-state index in [1.54, 1.807) is 6.07 Å². The van der Waals surface area contributed by atoms with Gasteiger partial charge in [0, 0.05) is 24.8 Å². The molecular formula is C20H24N2O3. The Morgan fingerprint density at radius 3 is 2.72 bits per heavy atom. The molecule has 1 aliphatic carbocycles. The Hall–Kier alpha value is -2.40. The van der Waals surface area contributed by atoms with Crippen LogP contribution in [-0.2, 0) is 12.8 Å². The third-order valence-corrected chi connectivity index (χ3v) is 4.84. The summed E-state index contributed by atoms with van der Waals surface area (Å²) >= 11 is 0. The molecule has 5 heteroatoms. The zero-order valence-electron chi connectivity index (χ0n) is 14.3. The Morgan fingerprint density at radius 2 is 1.96 bits per heavy atom. The molecule has 132 valence electrons. The van der Waals surface area contributed by atoms with E-state index in [1.807, 2.05) is 30.3 Å². The minimum atomic E-state index is -0.353. The van der Waals surface area contributed by atoms with E-state index in [1.165, 1.54) is 0 Å². The first-order valence-electron chi connectivity index (χ1n) is 8.88. The van der Waals surface area contributed by atoms with Crippen LogP contribution in [-0.4, -0.2) is 29.1 Å². The number of fused-ring (bicyclic) bond motifs is 1. The van der Waals surface area contributed by atoms with Crippen LogP contribution < -0.4 is 10.9 Å². The lowest BCUT2D eigenvalue weighted by atomic mass is 9.94. The van der Waals surface area contributed by atoms with Crippen LogP contribution in [0.1, 0.15) is 52.4 Å². The number of hydrogen-bond donors (Lipinski definition) is 3. The molecule has 3 rings (SSSR count). The molecule has 0 aliphatic heterocycles. The summed E-state index contributed by atoms with van der Waals surface area (Å²) < 4.78 is 0. The Kier molecular flexibility index (Phi) is 5.66. The molecule has 1 atom stereocenters. The average molecular weight is 340 g/mol. The lowest BCUT2D eigenvalue weighted by Crippen LogP contribution is -2.33. The van der Waals surface area contributed by atoms with Gasteiger partial charge in [0.25, 0.3) is 11.5 Å². The Balaban J connectivity index is 1.72. The van der Waals surface area contributed by atoms with Gasteiger partial charge in [-0.05, 0) is 49.3 Å². The van der Waals surface area contributed by atoms with Crippen molar-refractivity contribution in [2.24, 2.45) is 0 Å². The van der Waals surface area contributed by atoms with Gasteiger partial charge in [-0.3, -0.25) is 9.59 Å². The first kappa shape index (κ1) is 17.4. The highest BCUT2D eigenvalue weighted by Gasteiger charge is 2.18. The topological polar surface area (TPSA) is 82.2 Å². The highest BCUT2D eigenvalue weighted by atomic mass is 16.3. The van der Waals surface area contributed by atoms with Gasteiger partial charge in [0.2, 0.25) is 0 Å². The van der Waals surface area contributed by atoms with E-state index in [9.17, 15) is 14.7 Å². The second-order valence-electron chi connectivity index (χ2n) is 6.55. The van der Waals surface area contributed by atoms with Crippen LogP contribution in [0.3, 0.4) is 0 Å². The number of benzene rings is 1. The molecule has 1 aromatic heterocycles. The van der Waals surface area contributed by atoms with Gasteiger partial charge in [0.1, 0.15) is 5.56 Å². The van der Waals surface area contributed by atoms with Crippen molar-refractivity contribution in [2.45, 2.75) is 38.0 Å². The zero-order chi connectivity index (χ0) is 17.6. The van der Waals surface area contributed by atoms with Crippen LogP contribution in [0.2, 0.25) is 0 Å². The van der Waals surface area contributed by atoms with Crippen LogP contribution >= 0.6 is 0 Å². The third kappa shape index (κ3) is 4.17. The Morgan fingerprint density at radius 1 is 1.20 bits per heavy atom. The van der Waals surface area contributed by atoms with Crippen LogP contribution in [0.15, 0.2) is 41.2 Å². The summed E-state index contributed by atoms with van der Waals surface area (Å²) in [6, 6.07) is 11.5. The second kappa shape index (κ2) is 8.12.